The molecule has 1 aliphatic heterocycles. The molecule has 1 heterocycles. The summed E-state index contributed by atoms with van der Waals surface area (Å²) in [6, 6.07) is 14.3. The molecule has 0 saturated heterocycles. The van der Waals surface area contributed by atoms with Gasteiger partial charge < -0.3 is 25.1 Å². The van der Waals surface area contributed by atoms with Gasteiger partial charge in [-0.15, -0.1) is 5.53 Å². The standard InChI is InChI=1S/C27H38BrN3O4.C2H6/c1-5-21(33)18-35-26-13-10-20(16-23(26)28)27(3,4)19-8-11-22(12-9-19)34-15-7-14-31-25(17-32)24(6-2)29-30-31;1-2/h8-13,16,21,29-30,32-33H,5-7,14-15,17-18H2,1-4H3;1-2H3. The van der Waals surface area contributed by atoms with E-state index in [1.165, 1.54) is 5.56 Å². The van der Waals surface area contributed by atoms with Gasteiger partial charge in [0.25, 0.3) is 0 Å². The van der Waals surface area contributed by atoms with Crippen molar-refractivity contribution in [3.05, 3.63) is 69.5 Å². The van der Waals surface area contributed by atoms with E-state index in [4.69, 9.17) is 9.47 Å². The van der Waals surface area contributed by atoms with Gasteiger partial charge in [-0.05, 0) is 64.2 Å². The topological polar surface area (TPSA) is 86.2 Å². The highest BCUT2D eigenvalue weighted by Gasteiger charge is 2.24. The number of ether oxygens (including phenoxy) is 2. The quantitative estimate of drug-likeness (QED) is 0.228. The monoisotopic (exact) mass is 577 g/mol. The van der Waals surface area contributed by atoms with Crippen molar-refractivity contribution in [1.82, 2.24) is 16.0 Å². The Morgan fingerprint density at radius 3 is 2.30 bits per heavy atom. The van der Waals surface area contributed by atoms with E-state index in [-0.39, 0.29) is 18.6 Å². The molecule has 4 N–H and O–H groups in total. The van der Waals surface area contributed by atoms with Crippen LogP contribution in [0.4, 0.5) is 0 Å². The van der Waals surface area contributed by atoms with Gasteiger partial charge in [0.1, 0.15) is 18.1 Å². The third kappa shape index (κ3) is 8.37. The predicted molar refractivity (Wildman–Crippen MR) is 153 cm³/mol. The fourth-order valence-electron chi connectivity index (χ4n) is 3.96. The molecule has 206 valence electrons. The molecule has 2 aromatic carbocycles. The molecule has 3 rings (SSSR count). The second kappa shape index (κ2) is 15.2. The Morgan fingerprint density at radius 2 is 1.70 bits per heavy atom. The summed E-state index contributed by atoms with van der Waals surface area (Å²) in [6.07, 6.45) is 1.87. The fourth-order valence-corrected chi connectivity index (χ4v) is 4.45. The lowest BCUT2D eigenvalue weighted by Gasteiger charge is -2.27. The number of hydrogen-bond acceptors (Lipinski definition) is 7. The zero-order valence-corrected chi connectivity index (χ0v) is 24.7. The van der Waals surface area contributed by atoms with Crippen LogP contribution >= 0.6 is 15.9 Å². The lowest BCUT2D eigenvalue weighted by Crippen LogP contribution is -2.39. The average Bonchev–Trinajstić information content (AvgIpc) is 3.33. The third-order valence-corrected chi connectivity index (χ3v) is 7.07. The lowest BCUT2D eigenvalue weighted by molar-refractivity contribution is 0.104. The molecule has 0 amide bonds. The van der Waals surface area contributed by atoms with Gasteiger partial charge in [0.15, 0.2) is 0 Å². The van der Waals surface area contributed by atoms with Crippen molar-refractivity contribution in [1.29, 1.82) is 0 Å². The molecule has 0 radical (unpaired) electrons. The van der Waals surface area contributed by atoms with Gasteiger partial charge in [-0.2, -0.15) is 0 Å². The van der Waals surface area contributed by atoms with E-state index in [0.717, 1.165) is 52.3 Å². The Kier molecular flexibility index (Phi) is 12.7. The van der Waals surface area contributed by atoms with Crippen LogP contribution in [0.1, 0.15) is 71.9 Å². The molecular weight excluding hydrogens is 534 g/mol. The Balaban J connectivity index is 0.00000235. The first-order valence-electron chi connectivity index (χ1n) is 13.3. The van der Waals surface area contributed by atoms with Crippen LogP contribution in [0.15, 0.2) is 58.3 Å². The summed E-state index contributed by atoms with van der Waals surface area (Å²) in [4.78, 5) is 0. The first-order chi connectivity index (χ1) is 17.8. The van der Waals surface area contributed by atoms with Crippen molar-refractivity contribution in [2.75, 3.05) is 26.4 Å². The molecule has 0 aliphatic carbocycles. The molecule has 0 saturated carbocycles. The SMILES string of the molecule is CC.CCC1=C(CO)N(CCCOc2ccc(C(C)(C)c3ccc(OCC(O)CC)c(Br)c3)cc2)NN1. The molecule has 2 aromatic rings. The number of benzene rings is 2. The molecule has 1 atom stereocenters. The number of hydrogen-bond donors (Lipinski definition) is 4. The first-order valence-corrected chi connectivity index (χ1v) is 14.1. The maximum Gasteiger partial charge on any atom is 0.133 e. The number of aliphatic hydroxyl groups is 2. The minimum atomic E-state index is -0.462. The van der Waals surface area contributed by atoms with Gasteiger partial charge in [-0.25, -0.2) is 0 Å². The number of rotatable bonds is 13. The second-order valence-electron chi connectivity index (χ2n) is 9.20. The Morgan fingerprint density at radius 1 is 1.03 bits per heavy atom. The van der Waals surface area contributed by atoms with Crippen molar-refractivity contribution in [2.24, 2.45) is 0 Å². The van der Waals surface area contributed by atoms with Crippen molar-refractivity contribution >= 4 is 15.9 Å². The molecule has 7 nitrogen and oxygen atoms in total. The highest BCUT2D eigenvalue weighted by Crippen LogP contribution is 2.36. The van der Waals surface area contributed by atoms with Gasteiger partial charge in [-0.1, -0.05) is 59.7 Å². The second-order valence-corrected chi connectivity index (χ2v) is 10.0. The van der Waals surface area contributed by atoms with E-state index in [1.807, 2.05) is 44.0 Å². The molecule has 0 fully saturated rings. The summed E-state index contributed by atoms with van der Waals surface area (Å²) in [6.45, 7) is 14.0. The van der Waals surface area contributed by atoms with Crippen LogP contribution in [0.25, 0.3) is 0 Å². The Bertz CT molecular complexity index is 995. The van der Waals surface area contributed by atoms with E-state index in [1.54, 1.807) is 0 Å². The zero-order chi connectivity index (χ0) is 27.4. The van der Waals surface area contributed by atoms with E-state index in [9.17, 15) is 10.2 Å². The molecular formula is C29H44BrN3O4. The largest absolute Gasteiger partial charge is 0.494 e. The van der Waals surface area contributed by atoms with E-state index in [0.29, 0.717) is 13.0 Å². The van der Waals surface area contributed by atoms with Crippen LogP contribution in [0.5, 0.6) is 11.5 Å². The molecule has 0 spiro atoms. The summed E-state index contributed by atoms with van der Waals surface area (Å²) in [5.41, 5.74) is 10.2. The van der Waals surface area contributed by atoms with Crippen LogP contribution in [0.2, 0.25) is 0 Å². The molecule has 37 heavy (non-hydrogen) atoms. The number of allylic oxidation sites excluding steroid dienone is 1. The van der Waals surface area contributed by atoms with E-state index in [2.05, 4.69) is 71.9 Å². The van der Waals surface area contributed by atoms with Crippen LogP contribution in [0, 0.1) is 0 Å². The summed E-state index contributed by atoms with van der Waals surface area (Å²) < 4.78 is 12.6. The van der Waals surface area contributed by atoms with Gasteiger partial charge in [0.05, 0.1) is 35.2 Å². The zero-order valence-electron chi connectivity index (χ0n) is 23.1. The molecule has 8 heteroatoms. The van der Waals surface area contributed by atoms with Crippen molar-refractivity contribution < 1.29 is 19.7 Å². The lowest BCUT2D eigenvalue weighted by atomic mass is 9.78. The van der Waals surface area contributed by atoms with Gasteiger partial charge in [0.2, 0.25) is 0 Å². The Labute approximate surface area is 230 Å². The van der Waals surface area contributed by atoms with Crippen molar-refractivity contribution in [2.45, 2.75) is 72.3 Å². The van der Waals surface area contributed by atoms with Crippen molar-refractivity contribution in [3.8, 4) is 11.5 Å². The smallest absolute Gasteiger partial charge is 0.133 e. The van der Waals surface area contributed by atoms with Gasteiger partial charge in [-0.3, -0.25) is 5.01 Å². The van der Waals surface area contributed by atoms with Crippen LogP contribution < -0.4 is 20.4 Å². The summed E-state index contributed by atoms with van der Waals surface area (Å²) in [5, 5.41) is 21.3. The van der Waals surface area contributed by atoms with E-state index >= 15 is 0 Å². The van der Waals surface area contributed by atoms with Crippen LogP contribution in [-0.2, 0) is 5.41 Å². The minimum absolute atomic E-state index is 0.00951. The first kappa shape index (κ1) is 31.0. The summed E-state index contributed by atoms with van der Waals surface area (Å²) in [5.74, 6) is 1.57. The minimum Gasteiger partial charge on any atom is -0.494 e. The molecule has 0 bridgehead atoms. The number of nitrogens with zero attached hydrogens (tertiary/aromatic N) is 1. The van der Waals surface area contributed by atoms with Crippen LogP contribution in [-0.4, -0.2) is 47.7 Å². The number of halogens is 1. The molecule has 0 aromatic heterocycles. The Hall–Kier alpha value is -2.26. The summed E-state index contributed by atoms with van der Waals surface area (Å²) in [7, 11) is 0. The van der Waals surface area contributed by atoms with Gasteiger partial charge >= 0.3 is 0 Å². The maximum absolute atomic E-state index is 9.75. The third-order valence-electron chi connectivity index (χ3n) is 6.45. The average molecular weight is 579 g/mol. The van der Waals surface area contributed by atoms with Gasteiger partial charge in [0, 0.05) is 18.4 Å². The van der Waals surface area contributed by atoms with E-state index < -0.39 is 6.10 Å². The van der Waals surface area contributed by atoms with Crippen LogP contribution in [0.3, 0.4) is 0 Å². The highest BCUT2D eigenvalue weighted by atomic mass is 79.9. The number of nitrogens with one attached hydrogen (secondary N) is 2. The molecule has 1 aliphatic rings. The highest BCUT2D eigenvalue weighted by molar-refractivity contribution is 9.10. The van der Waals surface area contributed by atoms with Crippen molar-refractivity contribution in [3.63, 3.8) is 0 Å². The number of hydrazine groups is 2. The fraction of sp³-hybridized carbons (Fsp3) is 0.517. The molecule has 1 unspecified atom stereocenters. The number of aliphatic hydroxyl groups excluding tert-OH is 2. The normalized spacial score (nSPS) is 14.1. The maximum atomic E-state index is 9.75. The predicted octanol–water partition coefficient (Wildman–Crippen LogP) is 5.66. The summed E-state index contributed by atoms with van der Waals surface area (Å²) >= 11 is 3.62.